The maximum atomic E-state index is 12.6. The fourth-order valence-electron chi connectivity index (χ4n) is 1.33. The normalized spacial score (nSPS) is 11.7. The summed E-state index contributed by atoms with van der Waals surface area (Å²) in [6.45, 7) is 0. The van der Waals surface area contributed by atoms with Crippen LogP contribution in [-0.4, -0.2) is 14.5 Å². The Morgan fingerprint density at radius 1 is 1.25 bits per heavy atom. The Morgan fingerprint density at radius 2 is 2.00 bits per heavy atom. The molecule has 0 aliphatic carbocycles. The number of aromatic nitrogens is 3. The third kappa shape index (κ3) is 1.71. The van der Waals surface area contributed by atoms with E-state index in [1.807, 2.05) is 0 Å². The van der Waals surface area contributed by atoms with Crippen LogP contribution in [0, 0.1) is 0 Å². The Morgan fingerprint density at radius 3 is 2.62 bits per heavy atom. The van der Waals surface area contributed by atoms with E-state index in [4.69, 9.17) is 5.73 Å². The lowest BCUT2D eigenvalue weighted by Gasteiger charge is -2.11. The van der Waals surface area contributed by atoms with Crippen molar-refractivity contribution in [2.24, 2.45) is 0 Å². The molecule has 0 bridgehead atoms. The number of imidazole rings is 1. The summed E-state index contributed by atoms with van der Waals surface area (Å²) in [5, 5.41) is 0. The molecule has 84 valence electrons. The van der Waals surface area contributed by atoms with E-state index in [1.54, 1.807) is 0 Å². The SMILES string of the molecule is Nc1cnccc1-n1ccnc1C(F)(F)F. The highest BCUT2D eigenvalue weighted by molar-refractivity contribution is 5.56. The molecular weight excluding hydrogens is 221 g/mol. The van der Waals surface area contributed by atoms with Crippen molar-refractivity contribution in [1.82, 2.24) is 14.5 Å². The zero-order valence-corrected chi connectivity index (χ0v) is 7.94. The van der Waals surface area contributed by atoms with Gasteiger partial charge < -0.3 is 5.73 Å². The number of hydrogen-bond donors (Lipinski definition) is 1. The number of nitrogens with two attached hydrogens (primary N) is 1. The molecule has 0 aromatic carbocycles. The maximum Gasteiger partial charge on any atom is 0.450 e. The first-order valence-electron chi connectivity index (χ1n) is 4.30. The van der Waals surface area contributed by atoms with Crippen LogP contribution in [0.1, 0.15) is 5.82 Å². The molecule has 16 heavy (non-hydrogen) atoms. The molecule has 0 saturated carbocycles. The average Bonchev–Trinajstić information content (AvgIpc) is 2.66. The smallest absolute Gasteiger partial charge is 0.396 e. The molecule has 0 spiro atoms. The summed E-state index contributed by atoms with van der Waals surface area (Å²) in [6, 6.07) is 1.40. The molecule has 0 aliphatic rings. The second kappa shape index (κ2) is 3.51. The zero-order valence-electron chi connectivity index (χ0n) is 7.94. The first-order valence-corrected chi connectivity index (χ1v) is 4.30. The van der Waals surface area contributed by atoms with Crippen LogP contribution >= 0.6 is 0 Å². The largest absolute Gasteiger partial charge is 0.450 e. The molecule has 2 heterocycles. The Labute approximate surface area is 88.5 Å². The van der Waals surface area contributed by atoms with Crippen molar-refractivity contribution in [1.29, 1.82) is 0 Å². The van der Waals surface area contributed by atoms with Crippen molar-refractivity contribution in [3.05, 3.63) is 36.7 Å². The van der Waals surface area contributed by atoms with E-state index in [9.17, 15) is 13.2 Å². The second-order valence-corrected chi connectivity index (χ2v) is 3.05. The number of anilines is 1. The lowest BCUT2D eigenvalue weighted by molar-refractivity contribution is -0.145. The van der Waals surface area contributed by atoms with E-state index in [0.717, 1.165) is 10.8 Å². The van der Waals surface area contributed by atoms with Gasteiger partial charge in [-0.25, -0.2) is 4.98 Å². The van der Waals surface area contributed by atoms with E-state index in [-0.39, 0.29) is 11.4 Å². The van der Waals surface area contributed by atoms with Crippen LogP contribution < -0.4 is 5.73 Å². The van der Waals surface area contributed by atoms with Gasteiger partial charge in [-0.2, -0.15) is 13.2 Å². The molecule has 0 unspecified atom stereocenters. The van der Waals surface area contributed by atoms with Gasteiger partial charge >= 0.3 is 6.18 Å². The van der Waals surface area contributed by atoms with Crippen LogP contribution in [-0.2, 0) is 6.18 Å². The van der Waals surface area contributed by atoms with Crippen LogP contribution in [0.15, 0.2) is 30.9 Å². The number of alkyl halides is 3. The van der Waals surface area contributed by atoms with Crippen LogP contribution in [0.5, 0.6) is 0 Å². The van der Waals surface area contributed by atoms with Crippen molar-refractivity contribution in [2.75, 3.05) is 5.73 Å². The first-order chi connectivity index (χ1) is 7.50. The molecule has 7 heteroatoms. The topological polar surface area (TPSA) is 56.7 Å². The molecule has 2 rings (SSSR count). The minimum Gasteiger partial charge on any atom is -0.396 e. The van der Waals surface area contributed by atoms with E-state index in [2.05, 4.69) is 9.97 Å². The highest BCUT2D eigenvalue weighted by Gasteiger charge is 2.36. The molecular formula is C9H7F3N4. The average molecular weight is 228 g/mol. The summed E-state index contributed by atoms with van der Waals surface area (Å²) in [5.74, 6) is -1.01. The number of pyridine rings is 1. The molecule has 2 N–H and O–H groups in total. The molecule has 2 aromatic heterocycles. The second-order valence-electron chi connectivity index (χ2n) is 3.05. The van der Waals surface area contributed by atoms with Crippen molar-refractivity contribution < 1.29 is 13.2 Å². The van der Waals surface area contributed by atoms with Gasteiger partial charge in [0, 0.05) is 18.6 Å². The molecule has 0 aliphatic heterocycles. The molecule has 4 nitrogen and oxygen atoms in total. The zero-order chi connectivity index (χ0) is 11.8. The number of halogens is 3. The van der Waals surface area contributed by atoms with Gasteiger partial charge in [-0.15, -0.1) is 0 Å². The first kappa shape index (κ1) is 10.5. The number of hydrogen-bond acceptors (Lipinski definition) is 3. The number of nitrogen functional groups attached to an aromatic ring is 1. The minimum atomic E-state index is -4.51. The van der Waals surface area contributed by atoms with Gasteiger partial charge in [-0.05, 0) is 6.07 Å². The van der Waals surface area contributed by atoms with Crippen LogP contribution in [0.4, 0.5) is 18.9 Å². The van der Waals surface area contributed by atoms with Gasteiger partial charge in [0.15, 0.2) is 0 Å². The Balaban J connectivity index is 2.58. The minimum absolute atomic E-state index is 0.158. The Bertz CT molecular complexity index is 503. The maximum absolute atomic E-state index is 12.6. The van der Waals surface area contributed by atoms with Gasteiger partial charge in [0.2, 0.25) is 5.82 Å². The van der Waals surface area contributed by atoms with Gasteiger partial charge in [0.05, 0.1) is 17.6 Å². The Kier molecular flexibility index (Phi) is 2.30. The molecule has 0 radical (unpaired) electrons. The number of rotatable bonds is 1. The lowest BCUT2D eigenvalue weighted by atomic mass is 10.3. The molecule has 0 amide bonds. The molecule has 0 atom stereocenters. The number of nitrogens with zero attached hydrogens (tertiary/aromatic N) is 3. The lowest BCUT2D eigenvalue weighted by Crippen LogP contribution is -2.14. The third-order valence-electron chi connectivity index (χ3n) is 1.98. The fraction of sp³-hybridized carbons (Fsp3) is 0.111. The van der Waals surface area contributed by atoms with Crippen molar-refractivity contribution in [2.45, 2.75) is 6.18 Å². The van der Waals surface area contributed by atoms with Crippen LogP contribution in [0.25, 0.3) is 5.69 Å². The van der Waals surface area contributed by atoms with E-state index in [0.29, 0.717) is 0 Å². The summed E-state index contributed by atoms with van der Waals surface area (Å²) < 4.78 is 38.6. The fourth-order valence-corrected chi connectivity index (χ4v) is 1.33. The standard InChI is InChI=1S/C9H7F3N4/c10-9(11,12)8-15-3-4-16(8)7-1-2-14-5-6(7)13/h1-5H,13H2. The summed E-state index contributed by atoms with van der Waals surface area (Å²) in [7, 11) is 0. The van der Waals surface area contributed by atoms with Gasteiger partial charge in [-0.1, -0.05) is 0 Å². The van der Waals surface area contributed by atoms with Gasteiger partial charge in [-0.3, -0.25) is 9.55 Å². The third-order valence-corrected chi connectivity index (χ3v) is 1.98. The van der Waals surface area contributed by atoms with Crippen molar-refractivity contribution in [3.63, 3.8) is 0 Å². The predicted molar refractivity (Wildman–Crippen MR) is 50.8 cm³/mol. The summed E-state index contributed by atoms with van der Waals surface area (Å²) in [4.78, 5) is 6.97. The highest BCUT2D eigenvalue weighted by atomic mass is 19.4. The molecule has 0 saturated heterocycles. The molecule has 0 fully saturated rings. The van der Waals surface area contributed by atoms with Crippen molar-refractivity contribution in [3.8, 4) is 5.69 Å². The highest BCUT2D eigenvalue weighted by Crippen LogP contribution is 2.30. The molecule has 2 aromatic rings. The van der Waals surface area contributed by atoms with E-state index >= 15 is 0 Å². The monoisotopic (exact) mass is 228 g/mol. The van der Waals surface area contributed by atoms with Crippen molar-refractivity contribution >= 4 is 5.69 Å². The van der Waals surface area contributed by atoms with Crippen LogP contribution in [0.3, 0.4) is 0 Å². The summed E-state index contributed by atoms with van der Waals surface area (Å²) in [6.07, 6.45) is 0.414. The Hall–Kier alpha value is -2.05. The van der Waals surface area contributed by atoms with E-state index < -0.39 is 12.0 Å². The van der Waals surface area contributed by atoms with Gasteiger partial charge in [0.1, 0.15) is 0 Å². The summed E-state index contributed by atoms with van der Waals surface area (Å²) in [5.41, 5.74) is 5.91. The quantitative estimate of drug-likeness (QED) is 0.810. The van der Waals surface area contributed by atoms with Gasteiger partial charge in [0.25, 0.3) is 0 Å². The summed E-state index contributed by atoms with van der Waals surface area (Å²) >= 11 is 0. The predicted octanol–water partition coefficient (Wildman–Crippen LogP) is 1.87. The van der Waals surface area contributed by atoms with Crippen LogP contribution in [0.2, 0.25) is 0 Å². The van der Waals surface area contributed by atoms with E-state index in [1.165, 1.54) is 24.7 Å².